The minimum Gasteiger partial charge on any atom is -0.349 e. The Morgan fingerprint density at radius 1 is 1.50 bits per heavy atom. The van der Waals surface area contributed by atoms with E-state index in [1.54, 1.807) is 12.4 Å². The monoisotopic (exact) mass is 191 g/mol. The van der Waals surface area contributed by atoms with Crippen molar-refractivity contribution in [3.05, 3.63) is 30.1 Å². The average molecular weight is 191 g/mol. The van der Waals surface area contributed by atoms with Crippen molar-refractivity contribution in [2.75, 3.05) is 5.32 Å². The van der Waals surface area contributed by atoms with Crippen molar-refractivity contribution in [1.29, 1.82) is 0 Å². The number of nitrogens with one attached hydrogen (secondary N) is 2. The van der Waals surface area contributed by atoms with Gasteiger partial charge in [-0.25, -0.2) is 9.97 Å². The Kier molecular flexibility index (Phi) is 2.22. The Morgan fingerprint density at radius 3 is 2.93 bits per heavy atom. The fraction of sp³-hybridized carbons (Fsp3) is 0.333. The van der Waals surface area contributed by atoms with Gasteiger partial charge < -0.3 is 14.9 Å². The molecule has 0 radical (unpaired) electrons. The standard InChI is InChI=1S/C9H13N5/c1-7-5-11-9(13-7)12-6-8-10-3-4-14(8)2/h3-5H,6H2,1-2H3,(H2,11,12,13). The van der Waals surface area contributed by atoms with Crippen molar-refractivity contribution in [3.8, 4) is 0 Å². The average Bonchev–Trinajstić information content (AvgIpc) is 2.72. The van der Waals surface area contributed by atoms with Gasteiger partial charge in [-0.1, -0.05) is 0 Å². The highest BCUT2D eigenvalue weighted by Gasteiger charge is 2.00. The predicted molar refractivity (Wildman–Crippen MR) is 53.9 cm³/mol. The van der Waals surface area contributed by atoms with Crippen LogP contribution in [0.25, 0.3) is 0 Å². The Labute approximate surface area is 82.2 Å². The number of aryl methyl sites for hydroxylation is 2. The molecule has 0 aromatic carbocycles. The van der Waals surface area contributed by atoms with Crippen molar-refractivity contribution < 1.29 is 0 Å². The van der Waals surface area contributed by atoms with Crippen LogP contribution in [0.15, 0.2) is 18.6 Å². The molecule has 14 heavy (non-hydrogen) atoms. The van der Waals surface area contributed by atoms with Gasteiger partial charge in [0.05, 0.1) is 6.54 Å². The lowest BCUT2D eigenvalue weighted by atomic mass is 10.6. The Bertz CT molecular complexity index is 414. The molecule has 2 heterocycles. The van der Waals surface area contributed by atoms with Gasteiger partial charge >= 0.3 is 0 Å². The summed E-state index contributed by atoms with van der Waals surface area (Å²) in [6.45, 7) is 2.65. The van der Waals surface area contributed by atoms with E-state index in [0.717, 1.165) is 17.5 Å². The van der Waals surface area contributed by atoms with E-state index >= 15 is 0 Å². The second-order valence-corrected chi connectivity index (χ2v) is 3.22. The van der Waals surface area contributed by atoms with Gasteiger partial charge in [-0.3, -0.25) is 0 Å². The Morgan fingerprint density at radius 2 is 2.36 bits per heavy atom. The Balaban J connectivity index is 1.98. The zero-order chi connectivity index (χ0) is 9.97. The zero-order valence-corrected chi connectivity index (χ0v) is 8.28. The summed E-state index contributed by atoms with van der Waals surface area (Å²) in [6, 6.07) is 0. The summed E-state index contributed by atoms with van der Waals surface area (Å²) < 4.78 is 1.97. The van der Waals surface area contributed by atoms with Crippen molar-refractivity contribution in [2.24, 2.45) is 7.05 Å². The van der Waals surface area contributed by atoms with Crippen LogP contribution in [0.3, 0.4) is 0 Å². The first-order valence-corrected chi connectivity index (χ1v) is 4.47. The maximum absolute atomic E-state index is 4.20. The molecule has 0 aliphatic rings. The first-order valence-electron chi connectivity index (χ1n) is 4.47. The maximum Gasteiger partial charge on any atom is 0.200 e. The molecule has 2 aromatic rings. The van der Waals surface area contributed by atoms with Gasteiger partial charge in [0.15, 0.2) is 0 Å². The normalized spacial score (nSPS) is 10.4. The molecule has 74 valence electrons. The third-order valence-corrected chi connectivity index (χ3v) is 2.04. The fourth-order valence-electron chi connectivity index (χ4n) is 1.23. The molecule has 0 atom stereocenters. The van der Waals surface area contributed by atoms with Crippen molar-refractivity contribution in [1.82, 2.24) is 19.5 Å². The van der Waals surface area contributed by atoms with E-state index in [1.165, 1.54) is 0 Å². The lowest BCUT2D eigenvalue weighted by molar-refractivity contribution is 0.809. The summed E-state index contributed by atoms with van der Waals surface area (Å²) in [7, 11) is 1.97. The molecule has 0 saturated carbocycles. The van der Waals surface area contributed by atoms with Crippen LogP contribution in [0.1, 0.15) is 11.5 Å². The van der Waals surface area contributed by atoms with Crippen LogP contribution in [0.5, 0.6) is 0 Å². The highest BCUT2D eigenvalue weighted by molar-refractivity contribution is 5.26. The molecule has 0 amide bonds. The van der Waals surface area contributed by atoms with E-state index in [1.807, 2.05) is 24.7 Å². The van der Waals surface area contributed by atoms with Crippen LogP contribution in [-0.2, 0) is 13.6 Å². The van der Waals surface area contributed by atoms with Crippen LogP contribution in [0.4, 0.5) is 5.95 Å². The summed E-state index contributed by atoms with van der Waals surface area (Å²) in [5.74, 6) is 1.77. The van der Waals surface area contributed by atoms with E-state index in [9.17, 15) is 0 Å². The van der Waals surface area contributed by atoms with E-state index in [2.05, 4.69) is 20.3 Å². The van der Waals surface area contributed by atoms with Crippen LogP contribution in [0.2, 0.25) is 0 Å². The lowest BCUT2D eigenvalue weighted by Gasteiger charge is -2.02. The predicted octanol–water partition coefficient (Wildman–Crippen LogP) is 1.06. The number of imidazole rings is 2. The van der Waals surface area contributed by atoms with Gasteiger partial charge in [0.1, 0.15) is 5.82 Å². The van der Waals surface area contributed by atoms with Gasteiger partial charge in [-0.05, 0) is 6.92 Å². The number of H-pyrrole nitrogens is 1. The molecule has 0 bridgehead atoms. The highest BCUT2D eigenvalue weighted by Crippen LogP contribution is 2.02. The molecule has 2 aromatic heterocycles. The quantitative estimate of drug-likeness (QED) is 0.762. The van der Waals surface area contributed by atoms with Crippen molar-refractivity contribution >= 4 is 5.95 Å². The number of anilines is 1. The van der Waals surface area contributed by atoms with Crippen molar-refractivity contribution in [3.63, 3.8) is 0 Å². The minimum atomic E-state index is 0.677. The minimum absolute atomic E-state index is 0.677. The van der Waals surface area contributed by atoms with Gasteiger partial charge in [0.25, 0.3) is 0 Å². The number of rotatable bonds is 3. The molecule has 0 saturated heterocycles. The topological polar surface area (TPSA) is 58.5 Å². The number of hydrogen-bond acceptors (Lipinski definition) is 3. The van der Waals surface area contributed by atoms with Crippen molar-refractivity contribution in [2.45, 2.75) is 13.5 Å². The summed E-state index contributed by atoms with van der Waals surface area (Å²) in [4.78, 5) is 11.4. The molecule has 5 nitrogen and oxygen atoms in total. The molecule has 0 unspecified atom stereocenters. The first kappa shape index (κ1) is 8.80. The van der Waals surface area contributed by atoms with Crippen LogP contribution in [-0.4, -0.2) is 19.5 Å². The van der Waals surface area contributed by atoms with E-state index in [0.29, 0.717) is 6.54 Å². The summed E-state index contributed by atoms with van der Waals surface area (Å²) in [6.07, 6.45) is 5.50. The highest BCUT2D eigenvalue weighted by atomic mass is 15.1. The number of aromatic amines is 1. The van der Waals surface area contributed by atoms with Crippen LogP contribution < -0.4 is 5.32 Å². The van der Waals surface area contributed by atoms with Gasteiger partial charge in [0.2, 0.25) is 5.95 Å². The number of hydrogen-bond donors (Lipinski definition) is 2. The van der Waals surface area contributed by atoms with Gasteiger partial charge in [-0.15, -0.1) is 0 Å². The molecular formula is C9H13N5. The lowest BCUT2D eigenvalue weighted by Crippen LogP contribution is -2.06. The SMILES string of the molecule is Cc1cnc(NCc2nccn2C)[nH]1. The number of aromatic nitrogens is 4. The number of nitrogens with zero attached hydrogens (tertiary/aromatic N) is 3. The third-order valence-electron chi connectivity index (χ3n) is 2.04. The molecule has 0 fully saturated rings. The van der Waals surface area contributed by atoms with Crippen LogP contribution >= 0.6 is 0 Å². The Hall–Kier alpha value is -1.78. The molecule has 0 spiro atoms. The third kappa shape index (κ3) is 1.76. The van der Waals surface area contributed by atoms with E-state index in [-0.39, 0.29) is 0 Å². The molecule has 0 aliphatic carbocycles. The fourth-order valence-corrected chi connectivity index (χ4v) is 1.23. The smallest absolute Gasteiger partial charge is 0.200 e. The summed E-state index contributed by atoms with van der Waals surface area (Å²) in [5, 5.41) is 3.16. The largest absolute Gasteiger partial charge is 0.349 e. The summed E-state index contributed by atoms with van der Waals surface area (Å²) >= 11 is 0. The summed E-state index contributed by atoms with van der Waals surface area (Å²) in [5.41, 5.74) is 1.05. The first-order chi connectivity index (χ1) is 6.75. The van der Waals surface area contributed by atoms with Gasteiger partial charge in [-0.2, -0.15) is 0 Å². The molecular weight excluding hydrogens is 178 g/mol. The molecule has 2 N–H and O–H groups in total. The maximum atomic E-state index is 4.20. The zero-order valence-electron chi connectivity index (χ0n) is 8.28. The second-order valence-electron chi connectivity index (χ2n) is 3.22. The van der Waals surface area contributed by atoms with Gasteiger partial charge in [0, 0.05) is 31.3 Å². The molecule has 2 rings (SSSR count). The molecule has 5 heteroatoms. The van der Waals surface area contributed by atoms with Crippen LogP contribution in [0, 0.1) is 6.92 Å². The second kappa shape index (κ2) is 3.53. The van der Waals surface area contributed by atoms with E-state index < -0.39 is 0 Å². The molecule has 0 aliphatic heterocycles. The van der Waals surface area contributed by atoms with E-state index in [4.69, 9.17) is 0 Å².